The molecule has 0 aliphatic carbocycles. The first-order valence-electron chi connectivity index (χ1n) is 4.43. The molecular weight excluding hydrogens is 188 g/mol. The Hall–Kier alpha value is -1.14. The van der Waals surface area contributed by atoms with Gasteiger partial charge in [-0.1, -0.05) is 0 Å². The smallest absolute Gasteiger partial charge is 0.330 e. The molecule has 0 bridgehead atoms. The van der Waals surface area contributed by atoms with Crippen molar-refractivity contribution in [3.05, 3.63) is 0 Å². The van der Waals surface area contributed by atoms with Gasteiger partial charge in [0.05, 0.1) is 13.2 Å². The van der Waals surface area contributed by atoms with E-state index in [1.165, 1.54) is 11.9 Å². The molecule has 1 amide bonds. The Morgan fingerprint density at radius 1 is 1.43 bits per heavy atom. The Morgan fingerprint density at radius 2 is 2.00 bits per heavy atom. The number of ether oxygens (including phenoxy) is 1. The first-order chi connectivity index (χ1) is 6.66. The van der Waals surface area contributed by atoms with E-state index in [-0.39, 0.29) is 0 Å². The third-order valence-electron chi connectivity index (χ3n) is 2.11. The molecule has 1 rings (SSSR count). The topological polar surface area (TPSA) is 78.9 Å². The van der Waals surface area contributed by atoms with Crippen LogP contribution in [0.15, 0.2) is 0 Å². The molecule has 0 aromatic carbocycles. The summed E-state index contributed by atoms with van der Waals surface area (Å²) in [5.74, 6) is -1.55. The summed E-state index contributed by atoms with van der Waals surface area (Å²) in [6, 6.07) is -1.15. The van der Waals surface area contributed by atoms with E-state index in [2.05, 4.69) is 5.32 Å². The maximum atomic E-state index is 11.6. The van der Waals surface area contributed by atoms with Crippen molar-refractivity contribution in [2.24, 2.45) is 0 Å². The van der Waals surface area contributed by atoms with Gasteiger partial charge in [0.1, 0.15) is 0 Å². The largest absolute Gasteiger partial charge is 0.480 e. The van der Waals surface area contributed by atoms with Gasteiger partial charge in [-0.15, -0.1) is 0 Å². The van der Waals surface area contributed by atoms with Gasteiger partial charge in [-0.2, -0.15) is 0 Å². The van der Waals surface area contributed by atoms with E-state index >= 15 is 0 Å². The van der Waals surface area contributed by atoms with Gasteiger partial charge in [0.25, 0.3) is 5.91 Å². The molecule has 0 saturated carbocycles. The first kappa shape index (κ1) is 10.9. The Bertz CT molecular complexity index is 225. The minimum atomic E-state index is -1.15. The monoisotopic (exact) mass is 202 g/mol. The number of morpholine rings is 1. The van der Waals surface area contributed by atoms with Crippen molar-refractivity contribution in [3.8, 4) is 0 Å². The van der Waals surface area contributed by atoms with Crippen LogP contribution in [0.3, 0.4) is 0 Å². The van der Waals surface area contributed by atoms with Gasteiger partial charge in [0.2, 0.25) is 0 Å². The molecule has 0 aromatic heterocycles. The molecule has 6 heteroatoms. The molecule has 80 valence electrons. The zero-order valence-electron chi connectivity index (χ0n) is 8.02. The predicted octanol–water partition coefficient (Wildman–Crippen LogP) is -1.48. The summed E-state index contributed by atoms with van der Waals surface area (Å²) in [6.07, 6.45) is 0. The number of nitrogens with zero attached hydrogens (tertiary/aromatic N) is 1. The lowest BCUT2D eigenvalue weighted by atomic mass is 10.2. The molecule has 1 atom stereocenters. The minimum absolute atomic E-state index is 0.400. The van der Waals surface area contributed by atoms with E-state index in [9.17, 15) is 9.59 Å². The van der Waals surface area contributed by atoms with Crippen LogP contribution in [-0.2, 0) is 14.3 Å². The molecular formula is C8H14N2O4. The lowest BCUT2D eigenvalue weighted by Crippen LogP contribution is -2.52. The predicted molar refractivity (Wildman–Crippen MR) is 47.9 cm³/mol. The van der Waals surface area contributed by atoms with Gasteiger partial charge in [-0.25, -0.2) is 4.79 Å². The second-order valence-electron chi connectivity index (χ2n) is 3.00. The molecule has 1 unspecified atom stereocenters. The second kappa shape index (κ2) is 4.92. The van der Waals surface area contributed by atoms with Crippen LogP contribution in [0.25, 0.3) is 0 Å². The number of likely N-dealkylation sites (N-methyl/N-ethyl adjacent to an activating group) is 1. The van der Waals surface area contributed by atoms with Crippen molar-refractivity contribution in [1.82, 2.24) is 10.2 Å². The van der Waals surface area contributed by atoms with Crippen LogP contribution in [0, 0.1) is 0 Å². The van der Waals surface area contributed by atoms with E-state index in [0.29, 0.717) is 26.3 Å². The lowest BCUT2D eigenvalue weighted by molar-refractivity contribution is -0.149. The molecule has 2 N–H and O–H groups in total. The van der Waals surface area contributed by atoms with Gasteiger partial charge in [-0.3, -0.25) is 10.1 Å². The highest BCUT2D eigenvalue weighted by molar-refractivity contribution is 6.01. The Labute approximate surface area is 81.8 Å². The number of hydrogen-bond donors (Lipinski definition) is 2. The van der Waals surface area contributed by atoms with Gasteiger partial charge >= 0.3 is 5.97 Å². The summed E-state index contributed by atoms with van der Waals surface area (Å²) in [7, 11) is 1.46. The number of carboxylic acid groups (broad SMARTS) is 1. The molecule has 14 heavy (non-hydrogen) atoms. The Kier molecular flexibility index (Phi) is 3.84. The van der Waals surface area contributed by atoms with E-state index < -0.39 is 17.9 Å². The summed E-state index contributed by atoms with van der Waals surface area (Å²) in [6.45, 7) is 1.87. The maximum Gasteiger partial charge on any atom is 0.330 e. The summed E-state index contributed by atoms with van der Waals surface area (Å²) in [5, 5.41) is 11.2. The fraction of sp³-hybridized carbons (Fsp3) is 0.750. The van der Waals surface area contributed by atoms with Crippen molar-refractivity contribution in [1.29, 1.82) is 0 Å². The molecule has 0 radical (unpaired) electrons. The van der Waals surface area contributed by atoms with Gasteiger partial charge in [0, 0.05) is 13.1 Å². The number of rotatable bonds is 3. The van der Waals surface area contributed by atoms with Crippen molar-refractivity contribution < 1.29 is 19.4 Å². The summed E-state index contributed by atoms with van der Waals surface area (Å²) < 4.78 is 5.06. The zero-order valence-corrected chi connectivity index (χ0v) is 8.02. The van der Waals surface area contributed by atoms with Crippen molar-refractivity contribution in [3.63, 3.8) is 0 Å². The van der Waals surface area contributed by atoms with E-state index in [1.807, 2.05) is 0 Å². The fourth-order valence-electron chi connectivity index (χ4n) is 1.32. The molecule has 1 aliphatic rings. The average molecular weight is 202 g/mol. The molecule has 0 aromatic rings. The van der Waals surface area contributed by atoms with Crippen molar-refractivity contribution in [2.45, 2.75) is 6.04 Å². The molecule has 1 heterocycles. The van der Waals surface area contributed by atoms with Gasteiger partial charge in [-0.05, 0) is 7.05 Å². The van der Waals surface area contributed by atoms with Crippen LogP contribution in [0.4, 0.5) is 0 Å². The summed E-state index contributed by atoms with van der Waals surface area (Å²) in [4.78, 5) is 23.8. The normalized spacial score (nSPS) is 19.1. The SMILES string of the molecule is CNC(C(=O)O)C(=O)N1CCOCC1. The highest BCUT2D eigenvalue weighted by Gasteiger charge is 2.29. The van der Waals surface area contributed by atoms with Crippen LogP contribution < -0.4 is 5.32 Å². The highest BCUT2D eigenvalue weighted by Crippen LogP contribution is 2.00. The number of carboxylic acids is 1. The molecule has 6 nitrogen and oxygen atoms in total. The molecule has 1 fully saturated rings. The standard InChI is InChI=1S/C8H14N2O4/c1-9-6(8(12)13)7(11)10-2-4-14-5-3-10/h6,9H,2-5H2,1H3,(H,12,13). The maximum absolute atomic E-state index is 11.6. The minimum Gasteiger partial charge on any atom is -0.480 e. The Balaban J connectivity index is 2.56. The third kappa shape index (κ3) is 2.43. The van der Waals surface area contributed by atoms with E-state index in [4.69, 9.17) is 9.84 Å². The lowest BCUT2D eigenvalue weighted by Gasteiger charge is -2.28. The van der Waals surface area contributed by atoms with Gasteiger partial charge < -0.3 is 14.7 Å². The number of hydrogen-bond acceptors (Lipinski definition) is 4. The van der Waals surface area contributed by atoms with Crippen LogP contribution in [0.2, 0.25) is 0 Å². The third-order valence-corrected chi connectivity index (χ3v) is 2.11. The van der Waals surface area contributed by atoms with Gasteiger partial charge in [0.15, 0.2) is 6.04 Å². The number of carbonyl (C=O) groups excluding carboxylic acids is 1. The highest BCUT2D eigenvalue weighted by atomic mass is 16.5. The number of amides is 1. The van der Waals surface area contributed by atoms with E-state index in [0.717, 1.165) is 0 Å². The average Bonchev–Trinajstić information content (AvgIpc) is 2.19. The van der Waals surface area contributed by atoms with Crippen molar-refractivity contribution in [2.75, 3.05) is 33.4 Å². The molecule has 0 spiro atoms. The molecule has 1 saturated heterocycles. The molecule has 1 aliphatic heterocycles. The summed E-state index contributed by atoms with van der Waals surface area (Å²) >= 11 is 0. The van der Waals surface area contributed by atoms with Crippen LogP contribution in [-0.4, -0.2) is 61.3 Å². The van der Waals surface area contributed by atoms with Crippen LogP contribution in [0.1, 0.15) is 0 Å². The zero-order chi connectivity index (χ0) is 10.6. The Morgan fingerprint density at radius 3 is 2.43 bits per heavy atom. The number of aliphatic carboxylic acids is 1. The van der Waals surface area contributed by atoms with E-state index in [1.54, 1.807) is 0 Å². The quantitative estimate of drug-likeness (QED) is 0.545. The van der Waals surface area contributed by atoms with Crippen molar-refractivity contribution >= 4 is 11.9 Å². The second-order valence-corrected chi connectivity index (χ2v) is 3.00. The van der Waals surface area contributed by atoms with Crippen LogP contribution in [0.5, 0.6) is 0 Å². The number of nitrogens with one attached hydrogen (secondary N) is 1. The summed E-state index contributed by atoms with van der Waals surface area (Å²) in [5.41, 5.74) is 0. The van der Waals surface area contributed by atoms with Crippen LogP contribution >= 0.6 is 0 Å². The number of carbonyl (C=O) groups is 2. The first-order valence-corrected chi connectivity index (χ1v) is 4.43. The fourth-order valence-corrected chi connectivity index (χ4v) is 1.32.